The first-order valence-corrected chi connectivity index (χ1v) is 7.87. The summed E-state index contributed by atoms with van der Waals surface area (Å²) in [4.78, 5) is 4.44. The summed E-state index contributed by atoms with van der Waals surface area (Å²) in [5, 5.41) is 7.87. The molecule has 1 aromatic heterocycles. The summed E-state index contributed by atoms with van der Waals surface area (Å²) < 4.78 is 2.06. The number of hydrogen-bond acceptors (Lipinski definition) is 3. The lowest BCUT2D eigenvalue weighted by atomic mass is 9.85. The van der Waals surface area contributed by atoms with E-state index in [-0.39, 0.29) is 5.41 Å². The topological polar surface area (TPSA) is 42.7 Å². The smallest absolute Gasteiger partial charge is 0.138 e. The van der Waals surface area contributed by atoms with Crippen molar-refractivity contribution in [3.8, 4) is 0 Å². The van der Waals surface area contributed by atoms with Crippen LogP contribution in [0.15, 0.2) is 6.33 Å². The predicted molar refractivity (Wildman–Crippen MR) is 84.7 cm³/mol. The second-order valence-corrected chi connectivity index (χ2v) is 7.44. The SMILES string of the molecule is CC(C)CNCCC(C)(C)Cc1ncnn1CC(C)C. The highest BCUT2D eigenvalue weighted by molar-refractivity contribution is 4.91. The average Bonchev–Trinajstić information content (AvgIpc) is 2.70. The van der Waals surface area contributed by atoms with Crippen LogP contribution in [0.5, 0.6) is 0 Å². The van der Waals surface area contributed by atoms with Crippen molar-refractivity contribution in [1.82, 2.24) is 20.1 Å². The van der Waals surface area contributed by atoms with E-state index in [9.17, 15) is 0 Å². The van der Waals surface area contributed by atoms with Gasteiger partial charge in [0.2, 0.25) is 0 Å². The summed E-state index contributed by atoms with van der Waals surface area (Å²) in [5.74, 6) is 2.44. The molecule has 0 unspecified atom stereocenters. The van der Waals surface area contributed by atoms with Crippen LogP contribution in [0.1, 0.15) is 53.8 Å². The molecule has 0 spiro atoms. The van der Waals surface area contributed by atoms with Gasteiger partial charge < -0.3 is 5.32 Å². The molecule has 20 heavy (non-hydrogen) atoms. The van der Waals surface area contributed by atoms with Gasteiger partial charge in [0.15, 0.2) is 0 Å². The molecule has 0 radical (unpaired) electrons. The Labute approximate surface area is 124 Å². The maximum absolute atomic E-state index is 4.44. The molecule has 0 aliphatic carbocycles. The van der Waals surface area contributed by atoms with Gasteiger partial charge in [-0.3, -0.25) is 0 Å². The van der Waals surface area contributed by atoms with E-state index < -0.39 is 0 Å². The fourth-order valence-corrected chi connectivity index (χ4v) is 2.26. The molecule has 116 valence electrons. The lowest BCUT2D eigenvalue weighted by molar-refractivity contribution is 0.306. The summed E-state index contributed by atoms with van der Waals surface area (Å²) in [6.07, 6.45) is 3.84. The Kier molecular flexibility index (Phi) is 6.66. The fraction of sp³-hybridized carbons (Fsp3) is 0.875. The van der Waals surface area contributed by atoms with Crippen LogP contribution in [0.4, 0.5) is 0 Å². The molecule has 4 heteroatoms. The summed E-state index contributed by atoms with van der Waals surface area (Å²) in [6.45, 7) is 16.7. The maximum atomic E-state index is 4.44. The molecule has 1 heterocycles. The van der Waals surface area contributed by atoms with Crippen LogP contribution in [0.25, 0.3) is 0 Å². The van der Waals surface area contributed by atoms with Crippen LogP contribution in [0.3, 0.4) is 0 Å². The third kappa shape index (κ3) is 6.51. The molecule has 1 aromatic rings. The minimum absolute atomic E-state index is 0.256. The molecule has 0 bridgehead atoms. The van der Waals surface area contributed by atoms with Crippen LogP contribution < -0.4 is 5.32 Å². The molecule has 0 saturated heterocycles. The van der Waals surface area contributed by atoms with Crippen LogP contribution in [-0.4, -0.2) is 27.9 Å². The molecule has 0 atom stereocenters. The fourth-order valence-electron chi connectivity index (χ4n) is 2.26. The van der Waals surface area contributed by atoms with Gasteiger partial charge in [0, 0.05) is 13.0 Å². The van der Waals surface area contributed by atoms with Crippen molar-refractivity contribution in [3.05, 3.63) is 12.2 Å². The van der Waals surface area contributed by atoms with Gasteiger partial charge >= 0.3 is 0 Å². The minimum Gasteiger partial charge on any atom is -0.316 e. The zero-order valence-electron chi connectivity index (χ0n) is 14.1. The third-order valence-electron chi connectivity index (χ3n) is 3.40. The van der Waals surface area contributed by atoms with Crippen molar-refractivity contribution < 1.29 is 0 Å². The number of nitrogens with zero attached hydrogens (tertiary/aromatic N) is 3. The van der Waals surface area contributed by atoms with Crippen LogP contribution >= 0.6 is 0 Å². The van der Waals surface area contributed by atoms with Crippen LogP contribution in [0, 0.1) is 17.3 Å². The number of hydrogen-bond donors (Lipinski definition) is 1. The summed E-state index contributed by atoms with van der Waals surface area (Å²) in [7, 11) is 0. The Hall–Kier alpha value is -0.900. The summed E-state index contributed by atoms with van der Waals surface area (Å²) in [5.41, 5.74) is 0.256. The average molecular weight is 280 g/mol. The summed E-state index contributed by atoms with van der Waals surface area (Å²) in [6, 6.07) is 0. The van der Waals surface area contributed by atoms with Crippen LogP contribution in [0.2, 0.25) is 0 Å². The van der Waals surface area contributed by atoms with Gasteiger partial charge in [-0.05, 0) is 36.8 Å². The largest absolute Gasteiger partial charge is 0.316 e. The van der Waals surface area contributed by atoms with E-state index in [1.165, 1.54) is 0 Å². The highest BCUT2D eigenvalue weighted by atomic mass is 15.3. The Morgan fingerprint density at radius 2 is 1.90 bits per heavy atom. The van der Waals surface area contributed by atoms with E-state index in [1.807, 2.05) is 0 Å². The minimum atomic E-state index is 0.256. The van der Waals surface area contributed by atoms with Crippen molar-refractivity contribution in [2.24, 2.45) is 17.3 Å². The quantitative estimate of drug-likeness (QED) is 0.707. The second kappa shape index (κ2) is 7.77. The van der Waals surface area contributed by atoms with Crippen molar-refractivity contribution in [2.75, 3.05) is 13.1 Å². The first kappa shape index (κ1) is 17.2. The van der Waals surface area contributed by atoms with Crippen molar-refractivity contribution in [3.63, 3.8) is 0 Å². The number of rotatable bonds is 9. The molecule has 0 fully saturated rings. The van der Waals surface area contributed by atoms with E-state index in [0.717, 1.165) is 38.3 Å². The van der Waals surface area contributed by atoms with Gasteiger partial charge in [-0.2, -0.15) is 5.10 Å². The van der Waals surface area contributed by atoms with E-state index in [1.54, 1.807) is 6.33 Å². The lowest BCUT2D eigenvalue weighted by Crippen LogP contribution is -2.27. The molecule has 0 aromatic carbocycles. The normalized spacial score (nSPS) is 12.6. The van der Waals surface area contributed by atoms with Gasteiger partial charge in [-0.15, -0.1) is 0 Å². The van der Waals surface area contributed by atoms with E-state index >= 15 is 0 Å². The van der Waals surface area contributed by atoms with Crippen molar-refractivity contribution in [2.45, 2.75) is 60.9 Å². The molecular formula is C16H32N4. The number of aromatic nitrogens is 3. The Morgan fingerprint density at radius 3 is 2.50 bits per heavy atom. The first-order chi connectivity index (χ1) is 9.30. The summed E-state index contributed by atoms with van der Waals surface area (Å²) >= 11 is 0. The van der Waals surface area contributed by atoms with Gasteiger partial charge in [0.05, 0.1) is 0 Å². The zero-order chi connectivity index (χ0) is 15.2. The predicted octanol–water partition coefficient (Wildman–Crippen LogP) is 3.14. The number of nitrogens with one attached hydrogen (secondary N) is 1. The van der Waals surface area contributed by atoms with E-state index in [0.29, 0.717) is 11.8 Å². The Morgan fingerprint density at radius 1 is 1.20 bits per heavy atom. The third-order valence-corrected chi connectivity index (χ3v) is 3.40. The van der Waals surface area contributed by atoms with Gasteiger partial charge in [-0.25, -0.2) is 9.67 Å². The molecule has 0 saturated carbocycles. The van der Waals surface area contributed by atoms with Gasteiger partial charge in [0.1, 0.15) is 12.2 Å². The highest BCUT2D eigenvalue weighted by Crippen LogP contribution is 2.24. The molecule has 1 N–H and O–H groups in total. The standard InChI is InChI=1S/C16H32N4/c1-13(2)10-17-8-7-16(5,6)9-15-18-12-19-20(15)11-14(3)4/h12-14,17H,7-11H2,1-6H3. The molecule has 0 aliphatic rings. The lowest BCUT2D eigenvalue weighted by Gasteiger charge is -2.25. The Balaban J connectivity index is 2.47. The molecule has 0 amide bonds. The maximum Gasteiger partial charge on any atom is 0.138 e. The molecular weight excluding hydrogens is 248 g/mol. The highest BCUT2D eigenvalue weighted by Gasteiger charge is 2.21. The van der Waals surface area contributed by atoms with Crippen molar-refractivity contribution >= 4 is 0 Å². The van der Waals surface area contributed by atoms with Crippen LogP contribution in [-0.2, 0) is 13.0 Å². The van der Waals surface area contributed by atoms with Gasteiger partial charge in [0.25, 0.3) is 0 Å². The zero-order valence-corrected chi connectivity index (χ0v) is 14.1. The monoisotopic (exact) mass is 280 g/mol. The molecule has 4 nitrogen and oxygen atoms in total. The van der Waals surface area contributed by atoms with E-state index in [2.05, 4.69) is 61.6 Å². The second-order valence-electron chi connectivity index (χ2n) is 7.44. The van der Waals surface area contributed by atoms with Crippen molar-refractivity contribution in [1.29, 1.82) is 0 Å². The van der Waals surface area contributed by atoms with E-state index in [4.69, 9.17) is 0 Å². The molecule has 1 rings (SSSR count). The molecule has 0 aliphatic heterocycles. The van der Waals surface area contributed by atoms with Gasteiger partial charge in [-0.1, -0.05) is 41.5 Å². The Bertz CT molecular complexity index is 380. The first-order valence-electron chi connectivity index (χ1n) is 7.87.